The Morgan fingerprint density at radius 3 is 2.62 bits per heavy atom. The number of imidazole rings is 1. The average molecular weight is 536 g/mol. The first-order chi connectivity index (χ1) is 19.6. The molecule has 1 fully saturated rings. The van der Waals surface area contributed by atoms with Crippen LogP contribution < -0.4 is 5.32 Å². The van der Waals surface area contributed by atoms with Crippen LogP contribution in [-0.4, -0.2) is 36.7 Å². The van der Waals surface area contributed by atoms with Gasteiger partial charge in [0.2, 0.25) is 0 Å². The molecule has 40 heavy (non-hydrogen) atoms. The fourth-order valence-electron chi connectivity index (χ4n) is 5.72. The van der Waals surface area contributed by atoms with E-state index >= 15 is 4.39 Å². The Labute approximate surface area is 229 Å². The second-order valence-electron chi connectivity index (χ2n) is 10.4. The number of benzene rings is 2. The summed E-state index contributed by atoms with van der Waals surface area (Å²) in [5.74, 6) is 0.427. The zero-order chi connectivity index (χ0) is 27.1. The van der Waals surface area contributed by atoms with E-state index < -0.39 is 5.82 Å². The largest absolute Gasteiger partial charge is 0.321 e. The van der Waals surface area contributed by atoms with Gasteiger partial charge in [0.1, 0.15) is 22.8 Å². The van der Waals surface area contributed by atoms with Gasteiger partial charge in [0.15, 0.2) is 11.5 Å². The monoisotopic (exact) mass is 535 g/mol. The molecule has 4 heterocycles. The topological polar surface area (TPSA) is 95.2 Å². The van der Waals surface area contributed by atoms with Gasteiger partial charge in [-0.15, -0.1) is 0 Å². The SMILES string of the molecule is Fc1ccc(-c2ccnc3[nH]c(-c4n[nH]c5ccc(-c6cncc(CNCC7CCCC7)c6)c(F)c45)nc23)cc1. The second kappa shape index (κ2) is 10.2. The Kier molecular flexibility index (Phi) is 6.28. The van der Waals surface area contributed by atoms with Gasteiger partial charge in [0.25, 0.3) is 0 Å². The van der Waals surface area contributed by atoms with E-state index in [1.165, 1.54) is 37.8 Å². The highest BCUT2D eigenvalue weighted by Crippen LogP contribution is 2.35. The van der Waals surface area contributed by atoms with Crippen LogP contribution in [0.15, 0.2) is 67.1 Å². The lowest BCUT2D eigenvalue weighted by Gasteiger charge is -2.11. The quantitative estimate of drug-likeness (QED) is 0.209. The van der Waals surface area contributed by atoms with E-state index in [0.29, 0.717) is 51.3 Å². The van der Waals surface area contributed by atoms with Crippen molar-refractivity contribution in [2.24, 2.45) is 5.92 Å². The van der Waals surface area contributed by atoms with Crippen LogP contribution in [0.3, 0.4) is 0 Å². The molecule has 1 saturated carbocycles. The number of H-pyrrole nitrogens is 2. The van der Waals surface area contributed by atoms with E-state index in [-0.39, 0.29) is 5.82 Å². The molecule has 0 unspecified atom stereocenters. The second-order valence-corrected chi connectivity index (χ2v) is 10.4. The van der Waals surface area contributed by atoms with E-state index in [1.54, 1.807) is 30.6 Å². The minimum atomic E-state index is -0.397. The van der Waals surface area contributed by atoms with Crippen molar-refractivity contribution in [2.75, 3.05) is 6.54 Å². The van der Waals surface area contributed by atoms with Crippen LogP contribution >= 0.6 is 0 Å². The summed E-state index contributed by atoms with van der Waals surface area (Å²) in [4.78, 5) is 16.7. The van der Waals surface area contributed by atoms with Gasteiger partial charge in [-0.3, -0.25) is 10.1 Å². The van der Waals surface area contributed by atoms with Crippen molar-refractivity contribution in [1.82, 2.24) is 35.5 Å². The smallest absolute Gasteiger partial charge is 0.161 e. The fraction of sp³-hybridized carbons (Fsp3) is 0.226. The third-order valence-corrected chi connectivity index (χ3v) is 7.77. The highest BCUT2D eigenvalue weighted by molar-refractivity contribution is 5.98. The van der Waals surface area contributed by atoms with Gasteiger partial charge in [-0.2, -0.15) is 5.10 Å². The molecule has 0 amide bonds. The molecular formula is C31H27F2N7. The molecule has 7 rings (SSSR count). The van der Waals surface area contributed by atoms with Crippen molar-refractivity contribution < 1.29 is 8.78 Å². The molecule has 0 aliphatic heterocycles. The molecule has 0 atom stereocenters. The van der Waals surface area contributed by atoms with Crippen LogP contribution in [0.1, 0.15) is 31.2 Å². The predicted octanol–water partition coefficient (Wildman–Crippen LogP) is 6.79. The van der Waals surface area contributed by atoms with Gasteiger partial charge < -0.3 is 10.3 Å². The maximum absolute atomic E-state index is 16.2. The highest BCUT2D eigenvalue weighted by Gasteiger charge is 2.21. The summed E-state index contributed by atoms with van der Waals surface area (Å²) in [6.07, 6.45) is 10.4. The molecule has 0 saturated heterocycles. The number of nitrogens with zero attached hydrogens (tertiary/aromatic N) is 4. The molecule has 9 heteroatoms. The first kappa shape index (κ1) is 24.5. The van der Waals surface area contributed by atoms with Crippen molar-refractivity contribution in [1.29, 1.82) is 0 Å². The zero-order valence-corrected chi connectivity index (χ0v) is 21.7. The summed E-state index contributed by atoms with van der Waals surface area (Å²) < 4.78 is 29.7. The summed E-state index contributed by atoms with van der Waals surface area (Å²) in [7, 11) is 0. The lowest BCUT2D eigenvalue weighted by atomic mass is 10.0. The van der Waals surface area contributed by atoms with Gasteiger partial charge in [-0.25, -0.2) is 18.7 Å². The number of aromatic nitrogens is 6. The third kappa shape index (κ3) is 4.52. The number of hydrogen-bond donors (Lipinski definition) is 3. The van der Waals surface area contributed by atoms with Crippen LogP contribution in [0.5, 0.6) is 0 Å². The number of hydrogen-bond acceptors (Lipinski definition) is 5. The van der Waals surface area contributed by atoms with Gasteiger partial charge in [0.05, 0.1) is 10.9 Å². The first-order valence-corrected chi connectivity index (χ1v) is 13.6. The van der Waals surface area contributed by atoms with Crippen LogP contribution in [0.25, 0.3) is 55.8 Å². The molecule has 0 radical (unpaired) electrons. The molecule has 200 valence electrons. The fourth-order valence-corrected chi connectivity index (χ4v) is 5.72. The summed E-state index contributed by atoms with van der Waals surface area (Å²) in [6.45, 7) is 1.69. The van der Waals surface area contributed by atoms with Gasteiger partial charge >= 0.3 is 0 Å². The third-order valence-electron chi connectivity index (χ3n) is 7.77. The summed E-state index contributed by atoms with van der Waals surface area (Å²) >= 11 is 0. The van der Waals surface area contributed by atoms with Gasteiger partial charge in [-0.1, -0.05) is 25.0 Å². The van der Waals surface area contributed by atoms with Crippen molar-refractivity contribution in [3.63, 3.8) is 0 Å². The van der Waals surface area contributed by atoms with E-state index in [1.807, 2.05) is 24.4 Å². The van der Waals surface area contributed by atoms with E-state index in [9.17, 15) is 4.39 Å². The van der Waals surface area contributed by atoms with E-state index in [0.717, 1.165) is 29.2 Å². The van der Waals surface area contributed by atoms with Crippen molar-refractivity contribution in [3.8, 4) is 33.8 Å². The molecule has 3 N–H and O–H groups in total. The van der Waals surface area contributed by atoms with Gasteiger partial charge in [-0.05, 0) is 72.8 Å². The standard InChI is InChI=1S/C31H27F2N7/c32-22-7-5-20(6-8-22)24-11-12-36-30-28(24)37-31(38-30)29-26-25(39-40-29)10-9-23(27(26)33)21-13-19(16-35-17-21)15-34-14-18-3-1-2-4-18/h5-13,16-18,34H,1-4,14-15H2,(H,39,40)(H,36,37,38). The number of halogens is 2. The van der Waals surface area contributed by atoms with Crippen LogP contribution in [0.2, 0.25) is 0 Å². The Morgan fingerprint density at radius 1 is 0.925 bits per heavy atom. The van der Waals surface area contributed by atoms with Crippen LogP contribution in [0, 0.1) is 17.6 Å². The number of rotatable bonds is 7. The Morgan fingerprint density at radius 2 is 1.77 bits per heavy atom. The Balaban J connectivity index is 1.23. The van der Waals surface area contributed by atoms with Crippen molar-refractivity contribution in [3.05, 3.63) is 84.3 Å². The normalized spacial score (nSPS) is 14.1. The molecule has 2 aromatic carbocycles. The minimum absolute atomic E-state index is 0.313. The predicted molar refractivity (Wildman–Crippen MR) is 151 cm³/mol. The molecule has 0 spiro atoms. The molecule has 0 bridgehead atoms. The number of nitrogens with one attached hydrogen (secondary N) is 3. The average Bonchev–Trinajstić information content (AvgIpc) is 3.73. The van der Waals surface area contributed by atoms with E-state index in [2.05, 4.69) is 30.5 Å². The first-order valence-electron chi connectivity index (χ1n) is 13.6. The molecule has 1 aliphatic rings. The van der Waals surface area contributed by atoms with E-state index in [4.69, 9.17) is 4.98 Å². The molecule has 1 aliphatic carbocycles. The molecule has 4 aromatic heterocycles. The Bertz CT molecular complexity index is 1820. The molecular weight excluding hydrogens is 508 g/mol. The molecule has 6 aromatic rings. The van der Waals surface area contributed by atoms with Crippen LogP contribution in [0.4, 0.5) is 8.78 Å². The maximum atomic E-state index is 16.2. The maximum Gasteiger partial charge on any atom is 0.161 e. The van der Waals surface area contributed by atoms with Gasteiger partial charge in [0, 0.05) is 41.8 Å². The van der Waals surface area contributed by atoms with Crippen LogP contribution in [-0.2, 0) is 6.54 Å². The van der Waals surface area contributed by atoms with Crippen molar-refractivity contribution in [2.45, 2.75) is 32.2 Å². The van der Waals surface area contributed by atoms with Crippen molar-refractivity contribution >= 4 is 22.1 Å². The number of fused-ring (bicyclic) bond motifs is 2. The summed E-state index contributed by atoms with van der Waals surface area (Å²) in [5, 5.41) is 11.2. The summed E-state index contributed by atoms with van der Waals surface area (Å²) in [6, 6.07) is 13.6. The Hall–Kier alpha value is -4.50. The number of pyridine rings is 2. The zero-order valence-electron chi connectivity index (χ0n) is 21.7. The highest BCUT2D eigenvalue weighted by atomic mass is 19.1. The minimum Gasteiger partial charge on any atom is -0.321 e. The molecule has 7 nitrogen and oxygen atoms in total. The lowest BCUT2D eigenvalue weighted by molar-refractivity contribution is 0.489. The number of aromatic amines is 2. The lowest BCUT2D eigenvalue weighted by Crippen LogP contribution is -2.20. The summed E-state index contributed by atoms with van der Waals surface area (Å²) in [5.41, 5.74) is 5.81.